The van der Waals surface area contributed by atoms with E-state index in [1.165, 1.54) is 10.5 Å². The van der Waals surface area contributed by atoms with E-state index >= 15 is 0 Å². The number of ether oxygens (including phenoxy) is 2. The number of rotatable bonds is 8. The molecule has 1 heterocycles. The summed E-state index contributed by atoms with van der Waals surface area (Å²) in [5.74, 6) is 1.52. The van der Waals surface area contributed by atoms with Gasteiger partial charge in [-0.2, -0.15) is 0 Å². The van der Waals surface area contributed by atoms with Gasteiger partial charge in [0.15, 0.2) is 17.5 Å². The zero-order valence-corrected chi connectivity index (χ0v) is 16.2. The molecule has 0 radical (unpaired) electrons. The molecule has 2 aromatic rings. The first-order chi connectivity index (χ1) is 13.2. The molecule has 27 heavy (non-hydrogen) atoms. The maximum absolute atomic E-state index is 12.7. The summed E-state index contributed by atoms with van der Waals surface area (Å²) in [5.41, 5.74) is 2.34. The van der Waals surface area contributed by atoms with E-state index in [1.807, 2.05) is 24.3 Å². The van der Waals surface area contributed by atoms with Crippen LogP contribution in [0.4, 0.5) is 0 Å². The smallest absolute Gasteiger partial charge is 0.278 e. The minimum atomic E-state index is 0.0499. The van der Waals surface area contributed by atoms with Crippen molar-refractivity contribution in [1.29, 1.82) is 0 Å². The molecule has 5 heteroatoms. The van der Waals surface area contributed by atoms with Crippen LogP contribution < -0.4 is 19.7 Å². The molecule has 1 fully saturated rings. The maximum atomic E-state index is 12.7. The van der Waals surface area contributed by atoms with Crippen molar-refractivity contribution in [3.05, 3.63) is 59.7 Å². The van der Waals surface area contributed by atoms with Crippen molar-refractivity contribution in [3.63, 3.8) is 0 Å². The Morgan fingerprint density at radius 3 is 2.59 bits per heavy atom. The van der Waals surface area contributed by atoms with Crippen molar-refractivity contribution in [2.75, 3.05) is 27.3 Å². The molecule has 1 aliphatic rings. The number of benzene rings is 2. The van der Waals surface area contributed by atoms with Crippen LogP contribution in [0.1, 0.15) is 24.0 Å². The molecule has 0 aromatic heterocycles. The van der Waals surface area contributed by atoms with Crippen molar-refractivity contribution in [2.24, 2.45) is 0 Å². The number of nitrogens with one attached hydrogen (secondary N) is 2. The Hall–Kier alpha value is -2.53. The first-order valence-electron chi connectivity index (χ1n) is 9.58. The number of hydrogen-bond acceptors (Lipinski definition) is 3. The summed E-state index contributed by atoms with van der Waals surface area (Å²) in [6.45, 7) is 2.57. The van der Waals surface area contributed by atoms with Gasteiger partial charge in [-0.05, 0) is 23.3 Å². The Balaban J connectivity index is 1.53. The van der Waals surface area contributed by atoms with Crippen LogP contribution in [0, 0.1) is 0 Å². The van der Waals surface area contributed by atoms with E-state index in [0.717, 1.165) is 37.9 Å². The van der Waals surface area contributed by atoms with Crippen LogP contribution in [0.3, 0.4) is 0 Å². The third kappa shape index (κ3) is 5.01. The SMILES string of the molecule is COc1ccc(CNC(=O)[C@H]2CCC[NH+]2CCc2ccccc2)cc1OC. The van der Waals surface area contributed by atoms with Gasteiger partial charge in [-0.15, -0.1) is 0 Å². The van der Waals surface area contributed by atoms with Crippen molar-refractivity contribution in [2.45, 2.75) is 31.8 Å². The minimum absolute atomic E-state index is 0.0499. The molecule has 2 N–H and O–H groups in total. The summed E-state index contributed by atoms with van der Waals surface area (Å²) in [7, 11) is 3.24. The second kappa shape index (κ2) is 9.42. The van der Waals surface area contributed by atoms with Gasteiger partial charge in [0.1, 0.15) is 0 Å². The molecule has 144 valence electrons. The van der Waals surface area contributed by atoms with Crippen LogP contribution in [-0.4, -0.2) is 39.3 Å². The van der Waals surface area contributed by atoms with Crippen LogP contribution in [0.15, 0.2) is 48.5 Å². The van der Waals surface area contributed by atoms with E-state index in [0.29, 0.717) is 18.0 Å². The van der Waals surface area contributed by atoms with Crippen LogP contribution in [-0.2, 0) is 17.8 Å². The lowest BCUT2D eigenvalue weighted by atomic mass is 10.1. The summed E-state index contributed by atoms with van der Waals surface area (Å²) in [6.07, 6.45) is 3.08. The molecule has 0 saturated carbocycles. The Bertz CT molecular complexity index is 748. The Morgan fingerprint density at radius 2 is 1.85 bits per heavy atom. The summed E-state index contributed by atoms with van der Waals surface area (Å²) >= 11 is 0. The van der Waals surface area contributed by atoms with Crippen molar-refractivity contribution in [3.8, 4) is 11.5 Å². The summed E-state index contributed by atoms with van der Waals surface area (Å²) in [6, 6.07) is 16.3. The highest BCUT2D eigenvalue weighted by atomic mass is 16.5. The molecule has 2 aromatic carbocycles. The van der Waals surface area contributed by atoms with Gasteiger partial charge < -0.3 is 19.7 Å². The number of hydrogen-bond donors (Lipinski definition) is 2. The number of methoxy groups -OCH3 is 2. The fourth-order valence-electron chi connectivity index (χ4n) is 3.78. The largest absolute Gasteiger partial charge is 0.493 e. The highest BCUT2D eigenvalue weighted by Gasteiger charge is 2.34. The molecule has 0 aliphatic carbocycles. The lowest BCUT2D eigenvalue weighted by Crippen LogP contribution is -3.15. The summed E-state index contributed by atoms with van der Waals surface area (Å²) in [5, 5.41) is 3.10. The van der Waals surface area contributed by atoms with Gasteiger partial charge in [0.05, 0.1) is 27.3 Å². The highest BCUT2D eigenvalue weighted by Crippen LogP contribution is 2.27. The van der Waals surface area contributed by atoms with E-state index < -0.39 is 0 Å². The van der Waals surface area contributed by atoms with E-state index in [-0.39, 0.29) is 11.9 Å². The fourth-order valence-corrected chi connectivity index (χ4v) is 3.78. The van der Waals surface area contributed by atoms with Gasteiger partial charge >= 0.3 is 0 Å². The van der Waals surface area contributed by atoms with Crippen LogP contribution in [0.25, 0.3) is 0 Å². The van der Waals surface area contributed by atoms with Gasteiger partial charge in [-0.1, -0.05) is 36.4 Å². The van der Waals surface area contributed by atoms with Crippen LogP contribution >= 0.6 is 0 Å². The number of likely N-dealkylation sites (tertiary alicyclic amines) is 1. The van der Waals surface area contributed by atoms with Gasteiger partial charge in [-0.3, -0.25) is 4.79 Å². The second-order valence-corrected chi connectivity index (χ2v) is 7.00. The Kier molecular flexibility index (Phi) is 6.71. The molecule has 2 atom stereocenters. The molecular weight excluding hydrogens is 340 g/mol. The number of quaternary nitrogens is 1. The van der Waals surface area contributed by atoms with Crippen molar-refractivity contribution in [1.82, 2.24) is 5.32 Å². The number of amides is 1. The predicted molar refractivity (Wildman–Crippen MR) is 105 cm³/mol. The zero-order valence-electron chi connectivity index (χ0n) is 16.2. The second-order valence-electron chi connectivity index (χ2n) is 7.00. The average Bonchev–Trinajstić information content (AvgIpc) is 3.19. The van der Waals surface area contributed by atoms with E-state index in [9.17, 15) is 4.79 Å². The lowest BCUT2D eigenvalue weighted by molar-refractivity contribution is -0.902. The minimum Gasteiger partial charge on any atom is -0.493 e. The third-order valence-electron chi connectivity index (χ3n) is 5.29. The topological polar surface area (TPSA) is 52.0 Å². The summed E-state index contributed by atoms with van der Waals surface area (Å²) in [4.78, 5) is 14.1. The zero-order chi connectivity index (χ0) is 19.1. The Morgan fingerprint density at radius 1 is 1.07 bits per heavy atom. The Labute approximate surface area is 161 Å². The van der Waals surface area contributed by atoms with E-state index in [1.54, 1.807) is 14.2 Å². The molecule has 0 bridgehead atoms. The van der Waals surface area contributed by atoms with Crippen LogP contribution in [0.5, 0.6) is 11.5 Å². The number of carbonyl (C=O) groups excluding carboxylic acids is 1. The molecule has 3 rings (SSSR count). The molecule has 1 amide bonds. The van der Waals surface area contributed by atoms with E-state index in [2.05, 4.69) is 29.6 Å². The van der Waals surface area contributed by atoms with E-state index in [4.69, 9.17) is 9.47 Å². The van der Waals surface area contributed by atoms with Crippen LogP contribution in [0.2, 0.25) is 0 Å². The highest BCUT2D eigenvalue weighted by molar-refractivity contribution is 5.80. The van der Waals surface area contributed by atoms with Gasteiger partial charge in [0, 0.05) is 25.8 Å². The predicted octanol–water partition coefficient (Wildman–Crippen LogP) is 1.61. The monoisotopic (exact) mass is 369 g/mol. The summed E-state index contributed by atoms with van der Waals surface area (Å²) < 4.78 is 10.6. The van der Waals surface area contributed by atoms with Gasteiger partial charge in [-0.25, -0.2) is 0 Å². The molecule has 1 saturated heterocycles. The first kappa shape index (κ1) is 19.2. The van der Waals surface area contributed by atoms with Crippen molar-refractivity contribution >= 4 is 5.91 Å². The molecule has 0 spiro atoms. The maximum Gasteiger partial charge on any atom is 0.278 e. The third-order valence-corrected chi connectivity index (χ3v) is 5.29. The van der Waals surface area contributed by atoms with Gasteiger partial charge in [0.25, 0.3) is 5.91 Å². The number of carbonyl (C=O) groups is 1. The average molecular weight is 369 g/mol. The molecular formula is C22H29N2O3+. The molecule has 1 unspecified atom stereocenters. The lowest BCUT2D eigenvalue weighted by Gasteiger charge is -2.21. The van der Waals surface area contributed by atoms with Crippen molar-refractivity contribution < 1.29 is 19.2 Å². The first-order valence-corrected chi connectivity index (χ1v) is 9.58. The standard InChI is InChI=1S/C22H28N2O3/c1-26-20-11-10-18(15-21(20)27-2)16-23-22(25)19-9-6-13-24(19)14-12-17-7-4-3-5-8-17/h3-5,7-8,10-11,15,19H,6,9,12-14,16H2,1-2H3,(H,23,25)/p+1/t19-/m1/s1. The molecule has 5 nitrogen and oxygen atoms in total. The fraction of sp³-hybridized carbons (Fsp3) is 0.409. The quantitative estimate of drug-likeness (QED) is 0.743. The van der Waals surface area contributed by atoms with Gasteiger partial charge in [0.2, 0.25) is 0 Å². The molecule has 1 aliphatic heterocycles. The normalized spacial score (nSPS) is 18.9.